The molecular weight excluding hydrogens is 287 g/mol. The molecule has 8 heteroatoms. The Morgan fingerprint density at radius 3 is 2.57 bits per heavy atom. The SMILES string of the molecule is O=C(O)c1ccc(-c2n[nH]c3ccc(C(F)(F)F)cc23)[nH]1. The van der Waals surface area contributed by atoms with Gasteiger partial charge in [0.25, 0.3) is 0 Å². The summed E-state index contributed by atoms with van der Waals surface area (Å²) >= 11 is 0. The fourth-order valence-corrected chi connectivity index (χ4v) is 2.05. The van der Waals surface area contributed by atoms with E-state index in [1.165, 1.54) is 18.2 Å². The summed E-state index contributed by atoms with van der Waals surface area (Å²) in [5.74, 6) is -1.16. The van der Waals surface area contributed by atoms with Crippen LogP contribution in [0.25, 0.3) is 22.3 Å². The predicted octanol–water partition coefficient (Wildman–Crippen LogP) is 3.28. The van der Waals surface area contributed by atoms with Gasteiger partial charge < -0.3 is 10.1 Å². The molecule has 0 radical (unpaired) electrons. The molecule has 3 rings (SSSR count). The molecule has 0 atom stereocenters. The largest absolute Gasteiger partial charge is 0.477 e. The van der Waals surface area contributed by atoms with E-state index >= 15 is 0 Å². The molecule has 5 nitrogen and oxygen atoms in total. The second kappa shape index (κ2) is 4.37. The van der Waals surface area contributed by atoms with Crippen molar-refractivity contribution >= 4 is 16.9 Å². The highest BCUT2D eigenvalue weighted by atomic mass is 19.4. The minimum Gasteiger partial charge on any atom is -0.477 e. The van der Waals surface area contributed by atoms with Crippen LogP contribution in [0, 0.1) is 0 Å². The molecule has 21 heavy (non-hydrogen) atoms. The molecule has 0 fully saturated rings. The number of hydrogen-bond donors (Lipinski definition) is 3. The van der Waals surface area contributed by atoms with Crippen molar-refractivity contribution in [2.45, 2.75) is 6.18 Å². The first-order valence-electron chi connectivity index (χ1n) is 5.84. The third kappa shape index (κ3) is 2.24. The highest BCUT2D eigenvalue weighted by molar-refractivity contribution is 5.94. The Hall–Kier alpha value is -2.77. The summed E-state index contributed by atoms with van der Waals surface area (Å²) in [6, 6.07) is 6.01. The van der Waals surface area contributed by atoms with Gasteiger partial charge in [0, 0.05) is 5.39 Å². The molecule has 108 valence electrons. The normalized spacial score (nSPS) is 12.0. The maximum Gasteiger partial charge on any atom is 0.416 e. The van der Waals surface area contributed by atoms with Crippen LogP contribution in [0.3, 0.4) is 0 Å². The van der Waals surface area contributed by atoms with Crippen molar-refractivity contribution in [3.8, 4) is 11.4 Å². The Morgan fingerprint density at radius 2 is 1.95 bits per heavy atom. The van der Waals surface area contributed by atoms with Gasteiger partial charge in [0.15, 0.2) is 0 Å². The van der Waals surface area contributed by atoms with Crippen LogP contribution in [0.15, 0.2) is 30.3 Å². The third-order valence-electron chi connectivity index (χ3n) is 3.06. The lowest BCUT2D eigenvalue weighted by molar-refractivity contribution is -0.137. The number of aromatic amines is 2. The molecule has 0 saturated carbocycles. The van der Waals surface area contributed by atoms with Crippen LogP contribution in [0.1, 0.15) is 16.1 Å². The molecular formula is C13H8F3N3O2. The number of aromatic carboxylic acids is 1. The van der Waals surface area contributed by atoms with Gasteiger partial charge in [-0.15, -0.1) is 0 Å². The number of fused-ring (bicyclic) bond motifs is 1. The van der Waals surface area contributed by atoms with Crippen molar-refractivity contribution in [2.75, 3.05) is 0 Å². The van der Waals surface area contributed by atoms with Crippen molar-refractivity contribution in [2.24, 2.45) is 0 Å². The maximum absolute atomic E-state index is 12.8. The lowest BCUT2D eigenvalue weighted by Crippen LogP contribution is -2.04. The van der Waals surface area contributed by atoms with Crippen molar-refractivity contribution in [1.82, 2.24) is 15.2 Å². The number of nitrogens with zero attached hydrogens (tertiary/aromatic N) is 1. The number of benzene rings is 1. The Kier molecular flexibility index (Phi) is 2.75. The molecule has 0 aliphatic carbocycles. The van der Waals surface area contributed by atoms with Crippen LogP contribution >= 0.6 is 0 Å². The number of hydrogen-bond acceptors (Lipinski definition) is 2. The van der Waals surface area contributed by atoms with Gasteiger partial charge in [0.1, 0.15) is 11.4 Å². The van der Waals surface area contributed by atoms with Crippen LogP contribution in [-0.2, 0) is 6.18 Å². The molecule has 0 unspecified atom stereocenters. The van der Waals surface area contributed by atoms with E-state index < -0.39 is 17.7 Å². The predicted molar refractivity (Wildman–Crippen MR) is 67.8 cm³/mol. The molecule has 0 aliphatic rings. The summed E-state index contributed by atoms with van der Waals surface area (Å²) in [4.78, 5) is 13.4. The smallest absolute Gasteiger partial charge is 0.416 e. The number of alkyl halides is 3. The fourth-order valence-electron chi connectivity index (χ4n) is 2.05. The van der Waals surface area contributed by atoms with Crippen molar-refractivity contribution in [1.29, 1.82) is 0 Å². The topological polar surface area (TPSA) is 81.8 Å². The first-order valence-corrected chi connectivity index (χ1v) is 5.84. The van der Waals surface area contributed by atoms with Crippen molar-refractivity contribution in [3.05, 3.63) is 41.6 Å². The van der Waals surface area contributed by atoms with Gasteiger partial charge in [-0.25, -0.2) is 4.79 Å². The minimum atomic E-state index is -4.45. The zero-order valence-corrected chi connectivity index (χ0v) is 10.3. The average molecular weight is 295 g/mol. The molecule has 0 amide bonds. The molecule has 0 aliphatic heterocycles. The van der Waals surface area contributed by atoms with Gasteiger partial charge in [-0.1, -0.05) is 0 Å². The standard InChI is InChI=1S/C13H8F3N3O2/c14-13(15,16)6-1-2-8-7(5-6)11(19-18-8)9-3-4-10(17-9)12(20)21/h1-5,17H,(H,18,19)(H,20,21). The third-order valence-corrected chi connectivity index (χ3v) is 3.06. The van der Waals surface area contributed by atoms with Crippen LogP contribution in [-0.4, -0.2) is 26.3 Å². The Morgan fingerprint density at radius 1 is 1.19 bits per heavy atom. The second-order valence-corrected chi connectivity index (χ2v) is 4.42. The monoisotopic (exact) mass is 295 g/mol. The van der Waals surface area contributed by atoms with Crippen molar-refractivity contribution in [3.63, 3.8) is 0 Å². The average Bonchev–Trinajstić information content (AvgIpc) is 3.03. The van der Waals surface area contributed by atoms with Gasteiger partial charge in [-0.2, -0.15) is 18.3 Å². The van der Waals surface area contributed by atoms with Crippen LogP contribution in [0.5, 0.6) is 0 Å². The van der Waals surface area contributed by atoms with E-state index in [4.69, 9.17) is 5.11 Å². The van der Waals surface area contributed by atoms with E-state index in [0.29, 0.717) is 11.2 Å². The first-order chi connectivity index (χ1) is 9.86. The van der Waals surface area contributed by atoms with Gasteiger partial charge >= 0.3 is 12.1 Å². The Bertz CT molecular complexity index is 833. The Labute approximate surface area is 115 Å². The van der Waals surface area contributed by atoms with Crippen LogP contribution < -0.4 is 0 Å². The molecule has 2 aromatic heterocycles. The number of carboxylic acid groups (broad SMARTS) is 1. The van der Waals surface area contributed by atoms with Gasteiger partial charge in [-0.3, -0.25) is 5.10 Å². The summed E-state index contributed by atoms with van der Waals surface area (Å²) in [6.45, 7) is 0. The summed E-state index contributed by atoms with van der Waals surface area (Å²) < 4.78 is 38.3. The summed E-state index contributed by atoms with van der Waals surface area (Å²) in [5, 5.41) is 15.7. The number of carbonyl (C=O) groups is 1. The summed E-state index contributed by atoms with van der Waals surface area (Å²) in [6.07, 6.45) is -4.45. The van der Waals surface area contributed by atoms with Crippen LogP contribution in [0.2, 0.25) is 0 Å². The van der Waals surface area contributed by atoms with E-state index in [1.54, 1.807) is 0 Å². The zero-order valence-electron chi connectivity index (χ0n) is 10.3. The number of nitrogens with one attached hydrogen (secondary N) is 2. The molecule has 0 bridgehead atoms. The minimum absolute atomic E-state index is 0.0619. The number of rotatable bonds is 2. The van der Waals surface area contributed by atoms with E-state index in [2.05, 4.69) is 15.2 Å². The summed E-state index contributed by atoms with van der Waals surface area (Å²) in [5.41, 5.74) is 0.154. The highest BCUT2D eigenvalue weighted by Crippen LogP contribution is 2.33. The Balaban J connectivity index is 2.16. The molecule has 1 aromatic carbocycles. The fraction of sp³-hybridized carbons (Fsp3) is 0.0769. The van der Waals surface area contributed by atoms with E-state index in [1.807, 2.05) is 0 Å². The lowest BCUT2D eigenvalue weighted by Gasteiger charge is -2.06. The number of H-pyrrole nitrogens is 2. The molecule has 0 saturated heterocycles. The number of aromatic nitrogens is 3. The van der Waals surface area contributed by atoms with E-state index in [9.17, 15) is 18.0 Å². The van der Waals surface area contributed by atoms with E-state index in [0.717, 1.165) is 12.1 Å². The molecule has 2 heterocycles. The first kappa shape index (κ1) is 13.2. The maximum atomic E-state index is 12.8. The molecule has 0 spiro atoms. The quantitative estimate of drug-likeness (QED) is 0.678. The zero-order chi connectivity index (χ0) is 15.2. The van der Waals surface area contributed by atoms with Crippen LogP contribution in [0.4, 0.5) is 13.2 Å². The van der Waals surface area contributed by atoms with Gasteiger partial charge in [0.05, 0.1) is 16.8 Å². The van der Waals surface area contributed by atoms with E-state index in [-0.39, 0.29) is 16.8 Å². The number of carboxylic acids is 1. The summed E-state index contributed by atoms with van der Waals surface area (Å²) in [7, 11) is 0. The second-order valence-electron chi connectivity index (χ2n) is 4.42. The molecule has 3 N–H and O–H groups in total. The van der Waals surface area contributed by atoms with Gasteiger partial charge in [0.2, 0.25) is 0 Å². The number of halogens is 3. The van der Waals surface area contributed by atoms with Crippen molar-refractivity contribution < 1.29 is 23.1 Å². The lowest BCUT2D eigenvalue weighted by atomic mass is 10.1. The molecule has 3 aromatic rings. The van der Waals surface area contributed by atoms with Gasteiger partial charge in [-0.05, 0) is 30.3 Å². The highest BCUT2D eigenvalue weighted by Gasteiger charge is 2.31.